The van der Waals surface area contributed by atoms with Crippen molar-refractivity contribution in [1.82, 2.24) is 10.6 Å². The van der Waals surface area contributed by atoms with Crippen molar-refractivity contribution in [1.29, 1.82) is 0 Å². The van der Waals surface area contributed by atoms with E-state index in [0.29, 0.717) is 19.5 Å². The Kier molecular flexibility index (Phi) is 8.76. The number of hydrogen-bond donors (Lipinski definition) is 3. The molecule has 0 heterocycles. The maximum atomic E-state index is 11.1. The lowest BCUT2D eigenvalue weighted by molar-refractivity contribution is -0.139. The Morgan fingerprint density at radius 2 is 1.53 bits per heavy atom. The summed E-state index contributed by atoms with van der Waals surface area (Å²) in [4.78, 5) is 22.2. The van der Waals surface area contributed by atoms with Crippen LogP contribution in [0.5, 0.6) is 0 Å². The van der Waals surface area contributed by atoms with Crippen LogP contribution < -0.4 is 10.6 Å². The molecule has 0 spiro atoms. The highest BCUT2D eigenvalue weighted by molar-refractivity contribution is 6.35. The second-order valence-corrected chi connectivity index (χ2v) is 3.30. The van der Waals surface area contributed by atoms with Gasteiger partial charge < -0.3 is 15.7 Å². The van der Waals surface area contributed by atoms with Gasteiger partial charge in [0.25, 0.3) is 0 Å². The summed E-state index contributed by atoms with van der Waals surface area (Å²) in [5.41, 5.74) is 0. The smallest absolute Gasteiger partial charge is 0.309 e. The molecule has 5 heteroatoms. The summed E-state index contributed by atoms with van der Waals surface area (Å²) >= 11 is 0. The van der Waals surface area contributed by atoms with Crippen molar-refractivity contribution in [2.45, 2.75) is 32.6 Å². The summed E-state index contributed by atoms with van der Waals surface area (Å²) in [7, 11) is 0. The lowest BCUT2D eigenvalue weighted by Crippen LogP contribution is -2.40. The molecule has 0 unspecified atom stereocenters. The van der Waals surface area contributed by atoms with E-state index in [0.717, 1.165) is 19.3 Å². The standard InChI is InChI=1S/C10H20N2O3/c1-2-3-4-6-11-9(14)10(15)12-7-5-8-13/h13H,2-8H2,1H3,(H,11,14)(H,12,15). The fourth-order valence-electron chi connectivity index (χ4n) is 1.02. The van der Waals surface area contributed by atoms with Crippen molar-refractivity contribution in [3.8, 4) is 0 Å². The van der Waals surface area contributed by atoms with Crippen molar-refractivity contribution in [3.05, 3.63) is 0 Å². The molecule has 3 N–H and O–H groups in total. The Morgan fingerprint density at radius 1 is 1.00 bits per heavy atom. The quantitative estimate of drug-likeness (QED) is 0.407. The van der Waals surface area contributed by atoms with E-state index in [-0.39, 0.29) is 6.61 Å². The highest BCUT2D eigenvalue weighted by Crippen LogP contribution is 1.90. The lowest BCUT2D eigenvalue weighted by atomic mass is 10.2. The highest BCUT2D eigenvalue weighted by Gasteiger charge is 2.10. The molecule has 0 aromatic heterocycles. The number of hydrogen-bond acceptors (Lipinski definition) is 3. The van der Waals surface area contributed by atoms with Gasteiger partial charge >= 0.3 is 11.8 Å². The van der Waals surface area contributed by atoms with E-state index in [2.05, 4.69) is 17.6 Å². The van der Waals surface area contributed by atoms with E-state index < -0.39 is 11.8 Å². The minimum Gasteiger partial charge on any atom is -0.396 e. The number of amides is 2. The molecule has 15 heavy (non-hydrogen) atoms. The SMILES string of the molecule is CCCCCNC(=O)C(=O)NCCCO. The van der Waals surface area contributed by atoms with Crippen molar-refractivity contribution in [2.24, 2.45) is 0 Å². The van der Waals surface area contributed by atoms with Crippen LogP contribution in [0.4, 0.5) is 0 Å². The Morgan fingerprint density at radius 3 is 2.00 bits per heavy atom. The molecule has 0 radical (unpaired) electrons. The van der Waals surface area contributed by atoms with Gasteiger partial charge in [0.05, 0.1) is 0 Å². The summed E-state index contributed by atoms with van der Waals surface area (Å²) in [6.07, 6.45) is 3.49. The molecule has 0 saturated carbocycles. The van der Waals surface area contributed by atoms with E-state index in [4.69, 9.17) is 5.11 Å². The zero-order chi connectivity index (χ0) is 11.5. The molecule has 0 rings (SSSR count). The third-order valence-corrected chi connectivity index (χ3v) is 1.89. The minimum atomic E-state index is -0.625. The molecule has 0 aromatic rings. The molecule has 0 aliphatic rings. The number of aliphatic hydroxyl groups is 1. The first kappa shape index (κ1) is 13.9. The Bertz CT molecular complexity index is 195. The largest absolute Gasteiger partial charge is 0.396 e. The molecule has 0 bridgehead atoms. The second kappa shape index (κ2) is 9.45. The van der Waals surface area contributed by atoms with Crippen LogP contribution in [0.2, 0.25) is 0 Å². The molecule has 0 fully saturated rings. The van der Waals surface area contributed by atoms with E-state index in [9.17, 15) is 9.59 Å². The van der Waals surface area contributed by atoms with Gasteiger partial charge in [-0.15, -0.1) is 0 Å². The van der Waals surface area contributed by atoms with E-state index in [1.807, 2.05) is 0 Å². The third kappa shape index (κ3) is 7.93. The third-order valence-electron chi connectivity index (χ3n) is 1.89. The summed E-state index contributed by atoms with van der Waals surface area (Å²) in [5, 5.41) is 13.4. The van der Waals surface area contributed by atoms with Crippen LogP contribution in [0.25, 0.3) is 0 Å². The van der Waals surface area contributed by atoms with E-state index >= 15 is 0 Å². The number of unbranched alkanes of at least 4 members (excludes halogenated alkanes) is 2. The van der Waals surface area contributed by atoms with Crippen LogP contribution in [0.1, 0.15) is 32.6 Å². The minimum absolute atomic E-state index is 0.0123. The van der Waals surface area contributed by atoms with Gasteiger partial charge in [-0.25, -0.2) is 0 Å². The molecular weight excluding hydrogens is 196 g/mol. The van der Waals surface area contributed by atoms with Crippen LogP contribution in [-0.4, -0.2) is 36.6 Å². The van der Waals surface area contributed by atoms with Crippen molar-refractivity contribution in [3.63, 3.8) is 0 Å². The molecule has 0 aliphatic carbocycles. The highest BCUT2D eigenvalue weighted by atomic mass is 16.3. The zero-order valence-electron chi connectivity index (χ0n) is 9.21. The Labute approximate surface area is 90.2 Å². The Hall–Kier alpha value is -1.10. The summed E-state index contributed by atoms with van der Waals surface area (Å²) in [6, 6.07) is 0. The molecule has 2 amide bonds. The fraction of sp³-hybridized carbons (Fsp3) is 0.800. The van der Waals surface area contributed by atoms with Crippen molar-refractivity contribution in [2.75, 3.05) is 19.7 Å². The average molecular weight is 216 g/mol. The van der Waals surface area contributed by atoms with Crippen LogP contribution in [0, 0.1) is 0 Å². The monoisotopic (exact) mass is 216 g/mol. The topological polar surface area (TPSA) is 78.4 Å². The molecule has 88 valence electrons. The molecule has 0 atom stereocenters. The first-order chi connectivity index (χ1) is 7.22. The van der Waals surface area contributed by atoms with Gasteiger partial charge in [-0.2, -0.15) is 0 Å². The normalized spacial score (nSPS) is 9.73. The first-order valence-electron chi connectivity index (χ1n) is 5.39. The van der Waals surface area contributed by atoms with Gasteiger partial charge in [0.1, 0.15) is 0 Å². The van der Waals surface area contributed by atoms with Crippen LogP contribution in [0.15, 0.2) is 0 Å². The van der Waals surface area contributed by atoms with Crippen molar-refractivity contribution >= 4 is 11.8 Å². The molecular formula is C10H20N2O3. The summed E-state index contributed by atoms with van der Waals surface area (Å²) in [5.74, 6) is -1.22. The number of carbonyl (C=O) groups excluding carboxylic acids is 2. The molecule has 0 aromatic carbocycles. The number of nitrogens with one attached hydrogen (secondary N) is 2. The predicted octanol–water partition coefficient (Wildman–Crippen LogP) is -0.209. The molecule has 5 nitrogen and oxygen atoms in total. The molecule has 0 aliphatic heterocycles. The Balaban J connectivity index is 3.47. The van der Waals surface area contributed by atoms with Gasteiger partial charge in [-0.3, -0.25) is 9.59 Å². The number of rotatable bonds is 7. The maximum Gasteiger partial charge on any atom is 0.309 e. The van der Waals surface area contributed by atoms with Crippen LogP contribution >= 0.6 is 0 Å². The zero-order valence-corrected chi connectivity index (χ0v) is 9.21. The van der Waals surface area contributed by atoms with Gasteiger partial charge in [-0.1, -0.05) is 19.8 Å². The second-order valence-electron chi connectivity index (χ2n) is 3.30. The summed E-state index contributed by atoms with van der Waals surface area (Å²) in [6.45, 7) is 2.96. The maximum absolute atomic E-state index is 11.1. The fourth-order valence-corrected chi connectivity index (χ4v) is 1.02. The van der Waals surface area contributed by atoms with Crippen LogP contribution in [-0.2, 0) is 9.59 Å². The summed E-state index contributed by atoms with van der Waals surface area (Å²) < 4.78 is 0. The van der Waals surface area contributed by atoms with Gasteiger partial charge in [0, 0.05) is 19.7 Å². The van der Waals surface area contributed by atoms with Gasteiger partial charge in [0.2, 0.25) is 0 Å². The van der Waals surface area contributed by atoms with Crippen molar-refractivity contribution < 1.29 is 14.7 Å². The van der Waals surface area contributed by atoms with E-state index in [1.54, 1.807) is 0 Å². The lowest BCUT2D eigenvalue weighted by Gasteiger charge is -2.05. The van der Waals surface area contributed by atoms with Gasteiger partial charge in [0.15, 0.2) is 0 Å². The van der Waals surface area contributed by atoms with E-state index in [1.165, 1.54) is 0 Å². The first-order valence-corrected chi connectivity index (χ1v) is 5.39. The number of carbonyl (C=O) groups is 2. The molecule has 0 saturated heterocycles. The van der Waals surface area contributed by atoms with Gasteiger partial charge in [-0.05, 0) is 12.8 Å². The van der Waals surface area contributed by atoms with Crippen LogP contribution in [0.3, 0.4) is 0 Å². The number of aliphatic hydroxyl groups excluding tert-OH is 1. The average Bonchev–Trinajstić information content (AvgIpc) is 2.24. The predicted molar refractivity (Wildman–Crippen MR) is 57.2 cm³/mol.